The lowest BCUT2D eigenvalue weighted by molar-refractivity contribution is 0.174. The summed E-state index contributed by atoms with van der Waals surface area (Å²) in [5.41, 5.74) is 5.80. The van der Waals surface area contributed by atoms with Crippen molar-refractivity contribution in [3.05, 3.63) is 71.3 Å². The van der Waals surface area contributed by atoms with E-state index < -0.39 is 0 Å². The second-order valence-corrected chi connectivity index (χ2v) is 9.56. The van der Waals surface area contributed by atoms with Crippen LogP contribution < -0.4 is 14.8 Å². The highest BCUT2D eigenvalue weighted by Gasteiger charge is 2.44. The van der Waals surface area contributed by atoms with E-state index in [0.717, 1.165) is 28.0 Å². The number of nitrogens with zero attached hydrogens (tertiary/aromatic N) is 3. The molecule has 1 saturated heterocycles. The number of pyridine rings is 1. The smallest absolute Gasteiger partial charge is 0.231 e. The number of aromatic nitrogens is 2. The molecule has 2 unspecified atom stereocenters. The highest BCUT2D eigenvalue weighted by molar-refractivity contribution is 7.80. The maximum absolute atomic E-state index is 5.91. The summed E-state index contributed by atoms with van der Waals surface area (Å²) in [5, 5.41) is 4.47. The molecule has 2 aliphatic heterocycles. The van der Waals surface area contributed by atoms with Crippen molar-refractivity contribution < 1.29 is 9.47 Å². The lowest BCUT2D eigenvalue weighted by atomic mass is 9.95. The second kappa shape index (κ2) is 8.06. The van der Waals surface area contributed by atoms with Crippen molar-refractivity contribution in [3.63, 3.8) is 0 Å². The first-order valence-corrected chi connectivity index (χ1v) is 12.1. The third-order valence-electron chi connectivity index (χ3n) is 7.26. The van der Waals surface area contributed by atoms with Gasteiger partial charge in [-0.3, -0.25) is 4.98 Å². The number of rotatable bonds is 4. The van der Waals surface area contributed by atoms with Gasteiger partial charge in [-0.15, -0.1) is 0 Å². The van der Waals surface area contributed by atoms with Gasteiger partial charge in [0.2, 0.25) is 6.79 Å². The summed E-state index contributed by atoms with van der Waals surface area (Å²) in [7, 11) is 0. The summed E-state index contributed by atoms with van der Waals surface area (Å²) in [6.07, 6.45) is 6.77. The van der Waals surface area contributed by atoms with Gasteiger partial charge in [-0.25, -0.2) is 0 Å². The molecular formula is C26H28N4O2S. The van der Waals surface area contributed by atoms with Crippen LogP contribution in [0.3, 0.4) is 0 Å². The summed E-state index contributed by atoms with van der Waals surface area (Å²) in [4.78, 5) is 7.17. The first-order chi connectivity index (χ1) is 16.1. The van der Waals surface area contributed by atoms with Crippen LogP contribution in [0.2, 0.25) is 0 Å². The van der Waals surface area contributed by atoms with Crippen LogP contribution in [0.4, 0.5) is 0 Å². The molecule has 1 saturated carbocycles. The Balaban J connectivity index is 1.46. The Labute approximate surface area is 199 Å². The van der Waals surface area contributed by atoms with Gasteiger partial charge in [-0.05, 0) is 74.8 Å². The van der Waals surface area contributed by atoms with E-state index in [2.05, 4.69) is 59.0 Å². The summed E-state index contributed by atoms with van der Waals surface area (Å²) in [6, 6.07) is 15.2. The molecular weight excluding hydrogens is 432 g/mol. The highest BCUT2D eigenvalue weighted by atomic mass is 32.1. The molecule has 33 heavy (non-hydrogen) atoms. The SMILES string of the molecule is Cc1cc(C2C(c3ccccn3)NC(=S)N2C2CCCC2)c(C)n1-c1ccc2c(c1)OCO2. The van der Waals surface area contributed by atoms with Crippen LogP contribution in [0.25, 0.3) is 5.69 Å². The number of benzene rings is 1. The Morgan fingerprint density at radius 2 is 1.85 bits per heavy atom. The largest absolute Gasteiger partial charge is 0.454 e. The molecule has 3 aromatic rings. The minimum atomic E-state index is 0.0185. The van der Waals surface area contributed by atoms with Crippen LogP contribution in [0.5, 0.6) is 11.5 Å². The molecule has 0 spiro atoms. The van der Waals surface area contributed by atoms with E-state index >= 15 is 0 Å². The number of fused-ring (bicyclic) bond motifs is 1. The fraction of sp³-hybridized carbons (Fsp3) is 0.385. The number of thiocarbonyl (C=S) groups is 1. The predicted octanol–water partition coefficient (Wildman–Crippen LogP) is 5.13. The maximum atomic E-state index is 5.91. The van der Waals surface area contributed by atoms with Gasteiger partial charge < -0.3 is 24.3 Å². The Morgan fingerprint density at radius 3 is 2.64 bits per heavy atom. The average Bonchev–Trinajstić information content (AvgIpc) is 3.60. The molecule has 0 bridgehead atoms. The van der Waals surface area contributed by atoms with Crippen LogP contribution in [-0.2, 0) is 0 Å². The van der Waals surface area contributed by atoms with Gasteiger partial charge in [0, 0.05) is 35.4 Å². The summed E-state index contributed by atoms with van der Waals surface area (Å²) >= 11 is 5.91. The first-order valence-electron chi connectivity index (χ1n) is 11.7. The topological polar surface area (TPSA) is 51.6 Å². The molecule has 6 nitrogen and oxygen atoms in total. The van der Waals surface area contributed by atoms with Crippen molar-refractivity contribution in [3.8, 4) is 17.2 Å². The predicted molar refractivity (Wildman–Crippen MR) is 131 cm³/mol. The number of aryl methyl sites for hydroxylation is 1. The van der Waals surface area contributed by atoms with Gasteiger partial charge in [0.05, 0.1) is 17.8 Å². The Kier molecular flexibility index (Phi) is 5.02. The molecule has 7 heteroatoms. The number of ether oxygens (including phenoxy) is 2. The molecule has 0 radical (unpaired) electrons. The van der Waals surface area contributed by atoms with Crippen LogP contribution in [0.15, 0.2) is 48.7 Å². The summed E-state index contributed by atoms with van der Waals surface area (Å²) < 4.78 is 13.5. The molecule has 4 heterocycles. The summed E-state index contributed by atoms with van der Waals surface area (Å²) in [5.74, 6) is 1.60. The standard InChI is InChI=1S/C26H28N4O2S/c1-16-13-20(17(2)29(16)19-10-11-22-23(14-19)32-15-31-22)25-24(21-9-5-6-12-27-21)28-26(33)30(25)18-7-3-4-8-18/h5-6,9-14,18,24-25H,3-4,7-8,15H2,1-2H3,(H,28,33). The fourth-order valence-electron chi connectivity index (χ4n) is 5.78. The molecule has 170 valence electrons. The van der Waals surface area contributed by atoms with E-state index in [1.165, 1.54) is 42.6 Å². The Hall–Kier alpha value is -3.06. The van der Waals surface area contributed by atoms with Crippen LogP contribution in [0, 0.1) is 13.8 Å². The average molecular weight is 461 g/mol. The zero-order chi connectivity index (χ0) is 22.5. The Morgan fingerprint density at radius 1 is 1.03 bits per heavy atom. The molecule has 3 aliphatic rings. The van der Waals surface area contributed by atoms with Gasteiger partial charge in [0.1, 0.15) is 0 Å². The molecule has 2 atom stereocenters. The van der Waals surface area contributed by atoms with E-state index in [1.54, 1.807) is 0 Å². The van der Waals surface area contributed by atoms with E-state index in [9.17, 15) is 0 Å². The minimum Gasteiger partial charge on any atom is -0.454 e. The molecule has 1 N–H and O–H groups in total. The van der Waals surface area contributed by atoms with Crippen LogP contribution in [0.1, 0.15) is 60.4 Å². The molecule has 2 aromatic heterocycles. The van der Waals surface area contributed by atoms with E-state index in [-0.39, 0.29) is 18.9 Å². The van der Waals surface area contributed by atoms with Gasteiger partial charge in [-0.2, -0.15) is 0 Å². The highest BCUT2D eigenvalue weighted by Crippen LogP contribution is 2.45. The van der Waals surface area contributed by atoms with Gasteiger partial charge in [0.25, 0.3) is 0 Å². The first kappa shape index (κ1) is 20.5. The minimum absolute atomic E-state index is 0.0185. The molecule has 1 aliphatic carbocycles. The van der Waals surface area contributed by atoms with Crippen molar-refractivity contribution >= 4 is 17.3 Å². The molecule has 6 rings (SSSR count). The number of hydrogen-bond acceptors (Lipinski definition) is 4. The van der Waals surface area contributed by atoms with E-state index in [0.29, 0.717) is 6.04 Å². The normalized spacial score (nSPS) is 22.2. The lowest BCUT2D eigenvalue weighted by Gasteiger charge is -2.33. The maximum Gasteiger partial charge on any atom is 0.231 e. The van der Waals surface area contributed by atoms with Crippen LogP contribution >= 0.6 is 12.2 Å². The second-order valence-electron chi connectivity index (χ2n) is 9.17. The molecule has 0 amide bonds. The zero-order valence-electron chi connectivity index (χ0n) is 19.0. The number of nitrogens with one attached hydrogen (secondary N) is 1. The van der Waals surface area contributed by atoms with E-state index in [1.807, 2.05) is 18.3 Å². The molecule has 1 aromatic carbocycles. The third kappa shape index (κ3) is 3.37. The van der Waals surface area contributed by atoms with Crippen LogP contribution in [-0.4, -0.2) is 32.4 Å². The van der Waals surface area contributed by atoms with Crippen molar-refractivity contribution in [2.24, 2.45) is 0 Å². The van der Waals surface area contributed by atoms with Crippen molar-refractivity contribution in [2.45, 2.75) is 57.7 Å². The quantitative estimate of drug-likeness (QED) is 0.545. The zero-order valence-corrected chi connectivity index (χ0v) is 19.8. The van der Waals surface area contributed by atoms with Gasteiger partial charge >= 0.3 is 0 Å². The third-order valence-corrected chi connectivity index (χ3v) is 7.59. The number of hydrogen-bond donors (Lipinski definition) is 1. The van der Waals surface area contributed by atoms with Crippen molar-refractivity contribution in [1.82, 2.24) is 19.8 Å². The lowest BCUT2D eigenvalue weighted by Crippen LogP contribution is -2.37. The van der Waals surface area contributed by atoms with Crippen molar-refractivity contribution in [2.75, 3.05) is 6.79 Å². The Bertz CT molecular complexity index is 1200. The van der Waals surface area contributed by atoms with E-state index in [4.69, 9.17) is 26.7 Å². The summed E-state index contributed by atoms with van der Waals surface area (Å²) in [6.45, 7) is 4.65. The molecule has 2 fully saturated rings. The van der Waals surface area contributed by atoms with Gasteiger partial charge in [-0.1, -0.05) is 18.9 Å². The van der Waals surface area contributed by atoms with Gasteiger partial charge in [0.15, 0.2) is 16.6 Å². The fourth-order valence-corrected chi connectivity index (χ4v) is 6.17. The monoisotopic (exact) mass is 460 g/mol. The van der Waals surface area contributed by atoms with Crippen molar-refractivity contribution in [1.29, 1.82) is 0 Å².